The van der Waals surface area contributed by atoms with Gasteiger partial charge in [-0.25, -0.2) is 13.7 Å². The van der Waals surface area contributed by atoms with Gasteiger partial charge in [-0.2, -0.15) is 8.62 Å². The van der Waals surface area contributed by atoms with Gasteiger partial charge >= 0.3 is 23.5 Å². The van der Waals surface area contributed by atoms with E-state index in [0.717, 1.165) is 18.2 Å². The molecule has 4 N–H and O–H groups in total. The van der Waals surface area contributed by atoms with E-state index in [0.29, 0.717) is 6.07 Å². The summed E-state index contributed by atoms with van der Waals surface area (Å²) in [6.45, 7) is 0. The van der Waals surface area contributed by atoms with Crippen LogP contribution in [0.1, 0.15) is 0 Å². The Morgan fingerprint density at radius 1 is 1.00 bits per heavy atom. The lowest BCUT2D eigenvalue weighted by Gasteiger charge is -2.16. The highest BCUT2D eigenvalue weighted by molar-refractivity contribution is 7.66. The molecule has 2 atom stereocenters. The number of hydrogen-bond donors (Lipinski definition) is 4. The Bertz CT molecular complexity index is 711. The molecule has 0 saturated carbocycles. The predicted octanol–water partition coefficient (Wildman–Crippen LogP) is 1.30. The van der Waals surface area contributed by atoms with Gasteiger partial charge < -0.3 is 19.2 Å². The normalized spacial score (nSPS) is 17.3. The number of rotatable bonds is 7. The average Bonchev–Trinajstić information content (AvgIpc) is 2.22. The third kappa shape index (κ3) is 6.75. The van der Waals surface area contributed by atoms with Crippen LogP contribution in [0.15, 0.2) is 24.3 Å². The lowest BCUT2D eigenvalue weighted by atomic mass is 10.3. The fourth-order valence-electron chi connectivity index (χ4n) is 1.08. The molecule has 1 aromatic carbocycles. The van der Waals surface area contributed by atoms with Gasteiger partial charge in [0.05, 0.1) is 11.0 Å². The number of phosphoric ester groups is 1. The second kappa shape index (κ2) is 6.55. The van der Waals surface area contributed by atoms with Crippen molar-refractivity contribution in [2.75, 3.05) is 0 Å². The molecule has 16 heteroatoms. The van der Waals surface area contributed by atoms with Gasteiger partial charge in [0.1, 0.15) is 5.75 Å². The van der Waals surface area contributed by atoms with Gasteiger partial charge in [0.2, 0.25) is 0 Å². The van der Waals surface area contributed by atoms with E-state index >= 15 is 0 Å². The highest BCUT2D eigenvalue weighted by Crippen LogP contribution is 2.66. The van der Waals surface area contributed by atoms with Gasteiger partial charge in [-0.3, -0.25) is 15.0 Å². The number of nitro groups is 1. The first-order chi connectivity index (χ1) is 9.80. The fourth-order valence-corrected chi connectivity index (χ4v) is 4.10. The molecule has 0 saturated heterocycles. The second-order valence-electron chi connectivity index (χ2n) is 3.44. The summed E-state index contributed by atoms with van der Waals surface area (Å²) in [6.07, 6.45) is 0. The molecule has 0 aliphatic rings. The Morgan fingerprint density at radius 3 is 2.09 bits per heavy atom. The number of nitro benzene ring substituents is 1. The van der Waals surface area contributed by atoms with Crippen LogP contribution in [0.2, 0.25) is 0 Å². The molecule has 0 fully saturated rings. The highest BCUT2D eigenvalue weighted by atomic mass is 31.3. The molecule has 0 aliphatic heterocycles. The minimum Gasteiger partial charge on any atom is -0.404 e. The monoisotopic (exact) mass is 379 g/mol. The van der Waals surface area contributed by atoms with E-state index in [2.05, 4.69) is 13.1 Å². The van der Waals surface area contributed by atoms with Crippen molar-refractivity contribution in [3.63, 3.8) is 0 Å². The van der Waals surface area contributed by atoms with Gasteiger partial charge in [0.25, 0.3) is 5.69 Å². The zero-order chi connectivity index (χ0) is 17.2. The van der Waals surface area contributed by atoms with Gasteiger partial charge in [-0.1, -0.05) is 6.07 Å². The molecular formula is C6H8NO12P3. The van der Waals surface area contributed by atoms with Crippen LogP contribution in [0.4, 0.5) is 5.69 Å². The Kier molecular flexibility index (Phi) is 5.63. The molecule has 1 aromatic rings. The van der Waals surface area contributed by atoms with Gasteiger partial charge in [-0.15, -0.1) is 0 Å². The average molecular weight is 379 g/mol. The molecule has 0 aliphatic carbocycles. The molecule has 2 unspecified atom stereocenters. The van der Waals surface area contributed by atoms with E-state index in [9.17, 15) is 28.7 Å². The molecule has 0 heterocycles. The fraction of sp³-hybridized carbons (Fsp3) is 0. The van der Waals surface area contributed by atoms with E-state index in [1.165, 1.54) is 0 Å². The second-order valence-corrected chi connectivity index (χ2v) is 7.78. The summed E-state index contributed by atoms with van der Waals surface area (Å²) >= 11 is 0. The first kappa shape index (κ1) is 18.9. The number of phosphoric acid groups is 3. The Hall–Kier alpha value is -1.13. The van der Waals surface area contributed by atoms with Crippen molar-refractivity contribution < 1.29 is 51.3 Å². The minimum absolute atomic E-state index is 0.517. The third-order valence-electron chi connectivity index (χ3n) is 1.67. The Morgan fingerprint density at radius 2 is 1.59 bits per heavy atom. The van der Waals surface area contributed by atoms with Crippen molar-refractivity contribution >= 4 is 29.2 Å². The summed E-state index contributed by atoms with van der Waals surface area (Å²) in [5.41, 5.74) is -0.517. The topological polar surface area (TPSA) is 203 Å². The molecule has 124 valence electrons. The van der Waals surface area contributed by atoms with Crippen LogP contribution in [0.5, 0.6) is 5.75 Å². The molecule has 0 bridgehead atoms. The number of nitrogens with zero attached hydrogens (tertiary/aromatic N) is 1. The Labute approximate surface area is 121 Å². The van der Waals surface area contributed by atoms with Crippen molar-refractivity contribution in [2.24, 2.45) is 0 Å². The molecule has 13 nitrogen and oxygen atoms in total. The largest absolute Gasteiger partial charge is 0.536 e. The molecule has 0 amide bonds. The number of hydrogen-bond acceptors (Lipinski definition) is 8. The van der Waals surface area contributed by atoms with Gasteiger partial charge in [0, 0.05) is 6.07 Å². The zero-order valence-corrected chi connectivity index (χ0v) is 12.8. The SMILES string of the molecule is O=[N+]([O-])c1cccc(OP(=O)(O)OP(=O)(O)OP(=O)(O)O)c1. The summed E-state index contributed by atoms with van der Waals surface area (Å²) < 4.78 is 44.1. The van der Waals surface area contributed by atoms with Crippen molar-refractivity contribution in [3.05, 3.63) is 34.4 Å². The van der Waals surface area contributed by atoms with Crippen LogP contribution < -0.4 is 4.52 Å². The standard InChI is InChI=1S/C6H8NO12P3/c8-7(9)5-2-1-3-6(4-5)17-21(13,14)19-22(15,16)18-20(10,11)12/h1-4H,(H,13,14)(H,15,16)(H2,10,11,12). The molecule has 0 aromatic heterocycles. The van der Waals surface area contributed by atoms with Gasteiger partial charge in [-0.05, 0) is 6.07 Å². The lowest BCUT2D eigenvalue weighted by molar-refractivity contribution is -0.384. The van der Waals surface area contributed by atoms with Crippen LogP contribution in [0, 0.1) is 10.1 Å². The summed E-state index contributed by atoms with van der Waals surface area (Å²) in [5.74, 6) is -0.573. The van der Waals surface area contributed by atoms with Crippen molar-refractivity contribution in [2.45, 2.75) is 0 Å². The minimum atomic E-state index is -5.64. The third-order valence-corrected chi connectivity index (χ3v) is 5.43. The summed E-state index contributed by atoms with van der Waals surface area (Å²) in [5, 5.41) is 10.5. The molecule has 0 spiro atoms. The van der Waals surface area contributed by atoms with Crippen LogP contribution in [0.25, 0.3) is 0 Å². The van der Waals surface area contributed by atoms with E-state index < -0.39 is 39.8 Å². The van der Waals surface area contributed by atoms with Crippen LogP contribution in [-0.4, -0.2) is 24.5 Å². The maximum absolute atomic E-state index is 11.4. The quantitative estimate of drug-likeness (QED) is 0.301. The molecular weight excluding hydrogens is 371 g/mol. The maximum atomic E-state index is 11.4. The summed E-state index contributed by atoms with van der Waals surface area (Å²) in [6, 6.07) is 3.81. The van der Waals surface area contributed by atoms with E-state index in [4.69, 9.17) is 14.7 Å². The Balaban J connectivity index is 2.90. The first-order valence-electron chi connectivity index (χ1n) is 4.87. The zero-order valence-electron chi connectivity index (χ0n) is 10.2. The molecule has 22 heavy (non-hydrogen) atoms. The van der Waals surface area contributed by atoms with Crippen LogP contribution in [-0.2, 0) is 22.3 Å². The smallest absolute Gasteiger partial charge is 0.404 e. The predicted molar refractivity (Wildman–Crippen MR) is 67.6 cm³/mol. The van der Waals surface area contributed by atoms with Crippen molar-refractivity contribution in [1.29, 1.82) is 0 Å². The molecule has 1 rings (SSSR count). The summed E-state index contributed by atoms with van der Waals surface area (Å²) in [7, 11) is -16.5. The van der Waals surface area contributed by atoms with E-state index in [-0.39, 0.29) is 0 Å². The summed E-state index contributed by atoms with van der Waals surface area (Å²) in [4.78, 5) is 44.4. The maximum Gasteiger partial charge on any atom is 0.536 e. The van der Waals surface area contributed by atoms with Crippen LogP contribution in [0.3, 0.4) is 0 Å². The first-order valence-corrected chi connectivity index (χ1v) is 9.40. The number of benzene rings is 1. The van der Waals surface area contributed by atoms with Gasteiger partial charge in [0.15, 0.2) is 0 Å². The van der Waals surface area contributed by atoms with E-state index in [1.54, 1.807) is 0 Å². The van der Waals surface area contributed by atoms with E-state index in [1.807, 2.05) is 0 Å². The molecule has 0 radical (unpaired) electrons. The highest BCUT2D eigenvalue weighted by Gasteiger charge is 2.41. The van der Waals surface area contributed by atoms with Crippen LogP contribution >= 0.6 is 23.5 Å². The van der Waals surface area contributed by atoms with Crippen molar-refractivity contribution in [3.8, 4) is 5.75 Å². The van der Waals surface area contributed by atoms with Crippen molar-refractivity contribution in [1.82, 2.24) is 0 Å². The number of non-ortho nitro benzene ring substituents is 1. The lowest BCUT2D eigenvalue weighted by Crippen LogP contribution is -1.98.